The van der Waals surface area contributed by atoms with Crippen LogP contribution < -0.4 is 5.32 Å². The van der Waals surface area contributed by atoms with Crippen molar-refractivity contribution in [1.29, 1.82) is 0 Å². The Morgan fingerprint density at radius 1 is 0.303 bits per heavy atom. The summed E-state index contributed by atoms with van der Waals surface area (Å²) in [6, 6.07) is -0.627. The molecule has 0 saturated heterocycles. The summed E-state index contributed by atoms with van der Waals surface area (Å²) in [5.74, 6) is -0.0369. The number of amides is 1. The smallest absolute Gasteiger partial charge is 0.305 e. The molecule has 2 atom stereocenters. The number of unbranched alkanes of at least 4 members (excludes halogenated alkanes) is 65. The van der Waals surface area contributed by atoms with Crippen LogP contribution in [0.4, 0.5) is 0 Å². The molecular weight excluding hydrogens is 1090 g/mol. The van der Waals surface area contributed by atoms with Crippen LogP contribution in [0.1, 0.15) is 470 Å². The number of ether oxygens (including phenoxy) is 1. The van der Waals surface area contributed by atoms with Crippen molar-refractivity contribution in [3.05, 3.63) is 24.3 Å². The van der Waals surface area contributed by atoms with Gasteiger partial charge >= 0.3 is 5.97 Å². The molecule has 0 heterocycles. The lowest BCUT2D eigenvalue weighted by Gasteiger charge is -2.20. The van der Waals surface area contributed by atoms with E-state index in [9.17, 15) is 19.8 Å². The Hall–Kier alpha value is -1.66. The Bertz CT molecular complexity index is 1400. The highest BCUT2D eigenvalue weighted by atomic mass is 16.5. The van der Waals surface area contributed by atoms with Gasteiger partial charge in [0.25, 0.3) is 0 Å². The molecule has 0 rings (SSSR count). The molecule has 0 aromatic carbocycles. The van der Waals surface area contributed by atoms with Gasteiger partial charge in [-0.05, 0) is 57.8 Å². The number of nitrogens with one attached hydrogen (secondary N) is 1. The molecule has 6 heteroatoms. The van der Waals surface area contributed by atoms with Crippen molar-refractivity contribution in [1.82, 2.24) is 5.32 Å². The zero-order valence-electron chi connectivity index (χ0n) is 60.7. The largest absolute Gasteiger partial charge is 0.466 e. The second-order valence-electron chi connectivity index (χ2n) is 28.5. The van der Waals surface area contributed by atoms with E-state index in [4.69, 9.17) is 4.74 Å². The fraction of sp³-hybridized carbons (Fsp3) is 0.928. The number of hydrogen-bond acceptors (Lipinski definition) is 5. The van der Waals surface area contributed by atoms with Gasteiger partial charge < -0.3 is 20.3 Å². The molecule has 0 aromatic heterocycles. The highest BCUT2D eigenvalue weighted by molar-refractivity contribution is 5.76. The van der Waals surface area contributed by atoms with Gasteiger partial charge in [0.2, 0.25) is 5.91 Å². The fourth-order valence-corrected chi connectivity index (χ4v) is 13.2. The third-order valence-electron chi connectivity index (χ3n) is 19.5. The predicted octanol–water partition coefficient (Wildman–Crippen LogP) is 27.2. The highest BCUT2D eigenvalue weighted by Gasteiger charge is 2.18. The van der Waals surface area contributed by atoms with Crippen LogP contribution in [0.3, 0.4) is 0 Å². The summed E-state index contributed by atoms with van der Waals surface area (Å²) >= 11 is 0. The molecule has 0 saturated carbocycles. The van der Waals surface area contributed by atoms with Gasteiger partial charge in [0, 0.05) is 12.8 Å². The maximum absolute atomic E-state index is 12.6. The molecule has 528 valence electrons. The van der Waals surface area contributed by atoms with Crippen LogP contribution in [0.5, 0.6) is 0 Å². The molecule has 3 N–H and O–H groups in total. The first-order chi connectivity index (χ1) is 44.0. The first-order valence-electron chi connectivity index (χ1n) is 41.1. The lowest BCUT2D eigenvalue weighted by atomic mass is 10.0. The van der Waals surface area contributed by atoms with E-state index in [1.807, 2.05) is 6.08 Å². The van der Waals surface area contributed by atoms with Crippen LogP contribution in [0, 0.1) is 0 Å². The molecule has 0 aromatic rings. The van der Waals surface area contributed by atoms with Gasteiger partial charge in [-0.2, -0.15) is 0 Å². The van der Waals surface area contributed by atoms with Gasteiger partial charge in [0.1, 0.15) is 0 Å². The van der Waals surface area contributed by atoms with Gasteiger partial charge in [0.05, 0.1) is 25.4 Å². The topological polar surface area (TPSA) is 95.9 Å². The van der Waals surface area contributed by atoms with E-state index in [0.29, 0.717) is 19.4 Å². The average molecular weight is 1250 g/mol. The molecule has 0 spiro atoms. The summed E-state index contributed by atoms with van der Waals surface area (Å²) in [5, 5.41) is 23.3. The zero-order valence-corrected chi connectivity index (χ0v) is 60.7. The number of allylic oxidation sites excluding steroid dienone is 3. The Labute approximate surface area is 558 Å². The Morgan fingerprint density at radius 2 is 0.528 bits per heavy atom. The van der Waals surface area contributed by atoms with E-state index in [1.54, 1.807) is 6.08 Å². The van der Waals surface area contributed by atoms with Gasteiger partial charge in [-0.1, -0.05) is 423 Å². The first-order valence-corrected chi connectivity index (χ1v) is 41.1. The Balaban J connectivity index is 3.37. The van der Waals surface area contributed by atoms with Crippen molar-refractivity contribution in [2.75, 3.05) is 13.2 Å². The van der Waals surface area contributed by atoms with Gasteiger partial charge in [-0.25, -0.2) is 0 Å². The van der Waals surface area contributed by atoms with Crippen LogP contribution in [-0.2, 0) is 14.3 Å². The van der Waals surface area contributed by atoms with Crippen molar-refractivity contribution in [2.24, 2.45) is 0 Å². The average Bonchev–Trinajstić information content (AvgIpc) is 3.55. The summed E-state index contributed by atoms with van der Waals surface area (Å²) < 4.78 is 5.51. The molecule has 6 nitrogen and oxygen atoms in total. The van der Waals surface area contributed by atoms with Crippen molar-refractivity contribution < 1.29 is 24.5 Å². The standard InChI is InChI=1S/C83H161NO5/c1-3-5-7-9-11-13-15-17-19-21-22-23-34-37-40-44-47-51-55-59-63-67-71-75-81(86)80(79-85)84-82(87)76-72-68-64-60-56-52-48-45-41-38-35-32-30-28-26-24-25-27-29-31-33-36-39-42-46-50-54-58-62-66-70-74-78-89-83(88)77-73-69-65-61-57-53-49-43-20-18-16-14-12-10-8-6-4-2/h27,29,71,75,80-81,85-86H,3-26,28,30-70,72-74,76-79H2,1-2H3,(H,84,87)/b29-27-,75-71+. The third kappa shape index (κ3) is 75.3. The number of carbonyl (C=O) groups is 2. The number of aliphatic hydroxyl groups is 2. The Kier molecular flexibility index (Phi) is 77.3. The van der Waals surface area contributed by atoms with E-state index in [2.05, 4.69) is 31.3 Å². The van der Waals surface area contributed by atoms with Gasteiger partial charge in [0.15, 0.2) is 0 Å². The van der Waals surface area contributed by atoms with E-state index in [-0.39, 0.29) is 18.5 Å². The van der Waals surface area contributed by atoms with E-state index >= 15 is 0 Å². The van der Waals surface area contributed by atoms with Crippen LogP contribution >= 0.6 is 0 Å². The van der Waals surface area contributed by atoms with Gasteiger partial charge in [-0.15, -0.1) is 0 Å². The lowest BCUT2D eigenvalue weighted by molar-refractivity contribution is -0.143. The van der Waals surface area contributed by atoms with Crippen molar-refractivity contribution in [2.45, 2.75) is 482 Å². The van der Waals surface area contributed by atoms with E-state index < -0.39 is 12.1 Å². The van der Waals surface area contributed by atoms with Crippen LogP contribution in [-0.4, -0.2) is 47.4 Å². The van der Waals surface area contributed by atoms with E-state index in [1.165, 1.54) is 405 Å². The van der Waals surface area contributed by atoms with Crippen molar-refractivity contribution >= 4 is 11.9 Å². The Morgan fingerprint density at radius 3 is 0.798 bits per heavy atom. The van der Waals surface area contributed by atoms with E-state index in [0.717, 1.165) is 38.5 Å². The minimum absolute atomic E-state index is 0.0231. The summed E-state index contributed by atoms with van der Waals surface area (Å²) in [6.45, 7) is 4.97. The monoisotopic (exact) mass is 1250 g/mol. The molecule has 89 heavy (non-hydrogen) atoms. The van der Waals surface area contributed by atoms with Crippen LogP contribution in [0.15, 0.2) is 24.3 Å². The molecule has 0 aliphatic heterocycles. The summed E-state index contributed by atoms with van der Waals surface area (Å²) in [7, 11) is 0. The second kappa shape index (κ2) is 78.8. The van der Waals surface area contributed by atoms with Crippen LogP contribution in [0.25, 0.3) is 0 Å². The lowest BCUT2D eigenvalue weighted by Crippen LogP contribution is -2.45. The minimum Gasteiger partial charge on any atom is -0.466 e. The SMILES string of the molecule is CCCCCCCCCCCCCCCCCCCCCCC/C=C/C(O)C(CO)NC(=O)CCCCCCCCCCCCCCCCCC/C=C\CCCCCCCCCCCCCCOC(=O)CCCCCCCCCCCCCCCCCCC. The molecule has 0 aliphatic carbocycles. The van der Waals surface area contributed by atoms with Gasteiger partial charge in [-0.3, -0.25) is 9.59 Å². The van der Waals surface area contributed by atoms with Crippen molar-refractivity contribution in [3.63, 3.8) is 0 Å². The molecule has 0 bridgehead atoms. The number of hydrogen-bond donors (Lipinski definition) is 3. The predicted molar refractivity (Wildman–Crippen MR) is 393 cm³/mol. The fourth-order valence-electron chi connectivity index (χ4n) is 13.2. The quantitative estimate of drug-likeness (QED) is 0.0320. The molecule has 0 aliphatic rings. The van der Waals surface area contributed by atoms with Crippen LogP contribution in [0.2, 0.25) is 0 Å². The number of rotatable bonds is 78. The maximum atomic E-state index is 12.6. The summed E-state index contributed by atoms with van der Waals surface area (Å²) in [4.78, 5) is 24.7. The molecule has 1 amide bonds. The van der Waals surface area contributed by atoms with Crippen molar-refractivity contribution in [3.8, 4) is 0 Å². The normalized spacial score (nSPS) is 12.5. The second-order valence-corrected chi connectivity index (χ2v) is 28.5. The number of carbonyl (C=O) groups excluding carboxylic acids is 2. The molecule has 0 fully saturated rings. The minimum atomic E-state index is -0.844. The molecular formula is C83H161NO5. The summed E-state index contributed by atoms with van der Waals surface area (Å²) in [5.41, 5.74) is 0. The zero-order chi connectivity index (χ0) is 64.2. The first kappa shape index (κ1) is 87.3. The summed E-state index contributed by atoms with van der Waals surface area (Å²) in [6.07, 6.45) is 102. The maximum Gasteiger partial charge on any atom is 0.305 e. The molecule has 0 radical (unpaired) electrons. The highest BCUT2D eigenvalue weighted by Crippen LogP contribution is 2.20. The molecule has 2 unspecified atom stereocenters. The number of aliphatic hydroxyl groups excluding tert-OH is 2. The third-order valence-corrected chi connectivity index (χ3v) is 19.5. The number of esters is 1.